The summed E-state index contributed by atoms with van der Waals surface area (Å²) in [5.74, 6) is -2.36. The van der Waals surface area contributed by atoms with Gasteiger partial charge in [0.05, 0.1) is 16.3 Å². The normalized spacial score (nSPS) is 9.29. The van der Waals surface area contributed by atoms with Crippen LogP contribution in [0.25, 0.3) is 0 Å². The molecule has 86 valence electrons. The van der Waals surface area contributed by atoms with E-state index in [9.17, 15) is 9.59 Å². The first-order valence-electron chi connectivity index (χ1n) is 4.10. The molecule has 0 aliphatic carbocycles. The molecule has 0 radical (unpaired) electrons. The quantitative estimate of drug-likeness (QED) is 0.631. The van der Waals surface area contributed by atoms with Crippen LogP contribution in [0.15, 0.2) is 12.1 Å². The largest absolute Gasteiger partial charge is 1.00 e. The van der Waals surface area contributed by atoms with Crippen LogP contribution < -0.4 is 34.9 Å². The van der Waals surface area contributed by atoms with E-state index in [1.807, 2.05) is 0 Å². The Morgan fingerprint density at radius 2 is 1.82 bits per heavy atom. The number of hydrogen-bond acceptors (Lipinski definition) is 3. The van der Waals surface area contributed by atoms with Gasteiger partial charge in [-0.05, 0) is 12.1 Å². The molecule has 1 rings (SSSR count). The first kappa shape index (κ1) is 16.5. The van der Waals surface area contributed by atoms with Crippen molar-refractivity contribution in [2.45, 2.75) is 0 Å². The van der Waals surface area contributed by atoms with Crippen molar-refractivity contribution in [1.29, 1.82) is 0 Å². The first-order valence-corrected chi connectivity index (χ1v) is 4.85. The van der Waals surface area contributed by atoms with Crippen LogP contribution in [0.5, 0.6) is 0 Å². The summed E-state index contributed by atoms with van der Waals surface area (Å²) in [7, 11) is 0. The van der Waals surface area contributed by atoms with Crippen molar-refractivity contribution in [3.05, 3.63) is 27.7 Å². The molecular weight excluding hydrogens is 280 g/mol. The molecule has 0 spiro atoms. The molecule has 0 aromatic heterocycles. The number of carbonyl (C=O) groups is 2. The molecule has 0 fully saturated rings. The van der Waals surface area contributed by atoms with Gasteiger partial charge in [0.25, 0.3) is 0 Å². The van der Waals surface area contributed by atoms with Crippen molar-refractivity contribution in [3.63, 3.8) is 0 Å². The van der Waals surface area contributed by atoms with Crippen LogP contribution in [0.1, 0.15) is 10.4 Å². The van der Waals surface area contributed by atoms with Crippen LogP contribution in [-0.4, -0.2) is 28.7 Å². The summed E-state index contributed by atoms with van der Waals surface area (Å²) < 4.78 is 0. The van der Waals surface area contributed by atoms with Gasteiger partial charge in [0.15, 0.2) is 0 Å². The fourth-order valence-electron chi connectivity index (χ4n) is 1.09. The molecule has 0 aliphatic rings. The van der Waals surface area contributed by atoms with E-state index in [-0.39, 0.29) is 50.9 Å². The molecule has 0 saturated carbocycles. The summed E-state index contributed by atoms with van der Waals surface area (Å²) in [5.41, 5.74) is -0.125. The minimum absolute atomic E-state index is 0. The van der Waals surface area contributed by atoms with Gasteiger partial charge in [-0.2, -0.15) is 0 Å². The van der Waals surface area contributed by atoms with Crippen LogP contribution in [0.3, 0.4) is 0 Å². The van der Waals surface area contributed by atoms with Gasteiger partial charge in [0.1, 0.15) is 6.54 Å². The van der Waals surface area contributed by atoms with E-state index >= 15 is 0 Å². The molecule has 0 aliphatic heterocycles. The molecule has 0 unspecified atom stereocenters. The van der Waals surface area contributed by atoms with Crippen LogP contribution in [-0.2, 0) is 4.79 Å². The Hall–Kier alpha value is -0.460. The summed E-state index contributed by atoms with van der Waals surface area (Å²) in [5, 5.41) is 20.0. The number of rotatable bonds is 4. The van der Waals surface area contributed by atoms with Gasteiger partial charge < -0.3 is 15.5 Å². The maximum absolute atomic E-state index is 10.9. The van der Waals surface area contributed by atoms with Gasteiger partial charge in [-0.3, -0.25) is 4.79 Å². The van der Waals surface area contributed by atoms with Crippen LogP contribution in [0, 0.1) is 0 Å². The van der Waals surface area contributed by atoms with Crippen molar-refractivity contribution in [2.24, 2.45) is 0 Å². The molecule has 0 atom stereocenters. The standard InChI is InChI=1S/C9H7Cl2NO4.Na/c10-4-1-5(9(15)16)8(6(11)2-4)12-3-7(13)14;/h1-2,12H,3H2,(H,13,14)(H,15,16);/q;+1. The molecule has 0 saturated heterocycles. The number of carboxylic acids is 2. The molecule has 1 aromatic rings. The summed E-state index contributed by atoms with van der Waals surface area (Å²) in [6.07, 6.45) is 0. The van der Waals surface area contributed by atoms with Crippen molar-refractivity contribution in [1.82, 2.24) is 0 Å². The van der Waals surface area contributed by atoms with E-state index in [0.717, 1.165) is 0 Å². The minimum atomic E-state index is -1.24. The maximum Gasteiger partial charge on any atom is 1.00 e. The number of benzene rings is 1. The Kier molecular flexibility index (Phi) is 6.89. The number of hydrogen-bond donors (Lipinski definition) is 3. The second kappa shape index (κ2) is 7.08. The second-order valence-electron chi connectivity index (χ2n) is 2.86. The van der Waals surface area contributed by atoms with Gasteiger partial charge in [-0.1, -0.05) is 23.2 Å². The molecule has 17 heavy (non-hydrogen) atoms. The Labute approximate surface area is 129 Å². The summed E-state index contributed by atoms with van der Waals surface area (Å²) >= 11 is 11.4. The predicted octanol–water partition coefficient (Wildman–Crippen LogP) is -0.808. The van der Waals surface area contributed by atoms with Crippen molar-refractivity contribution < 1.29 is 49.4 Å². The number of carboxylic acid groups (broad SMARTS) is 2. The number of halogens is 2. The fourth-order valence-corrected chi connectivity index (χ4v) is 1.65. The topological polar surface area (TPSA) is 86.6 Å². The Bertz CT molecular complexity index is 453. The molecule has 0 amide bonds. The van der Waals surface area contributed by atoms with E-state index < -0.39 is 18.5 Å². The molecular formula is C9H7Cl2NNaO4+. The van der Waals surface area contributed by atoms with E-state index in [4.69, 9.17) is 33.4 Å². The van der Waals surface area contributed by atoms with E-state index in [0.29, 0.717) is 0 Å². The van der Waals surface area contributed by atoms with Crippen LogP contribution in [0.2, 0.25) is 10.0 Å². The maximum atomic E-state index is 10.9. The number of anilines is 1. The first-order chi connectivity index (χ1) is 7.41. The monoisotopic (exact) mass is 286 g/mol. The molecule has 1 aromatic carbocycles. The number of aliphatic carboxylic acids is 1. The van der Waals surface area contributed by atoms with Gasteiger partial charge in [-0.25, -0.2) is 4.79 Å². The Morgan fingerprint density at radius 3 is 2.29 bits per heavy atom. The van der Waals surface area contributed by atoms with Gasteiger partial charge in [0.2, 0.25) is 0 Å². The summed E-state index contributed by atoms with van der Waals surface area (Å²) in [4.78, 5) is 21.2. The van der Waals surface area contributed by atoms with Gasteiger partial charge >= 0.3 is 41.5 Å². The molecule has 8 heteroatoms. The molecule has 0 heterocycles. The number of aromatic carboxylic acids is 1. The zero-order chi connectivity index (χ0) is 12.3. The Morgan fingerprint density at radius 1 is 1.24 bits per heavy atom. The average Bonchev–Trinajstić information content (AvgIpc) is 2.14. The van der Waals surface area contributed by atoms with Gasteiger partial charge in [0, 0.05) is 5.02 Å². The van der Waals surface area contributed by atoms with Crippen molar-refractivity contribution >= 4 is 40.8 Å². The number of nitrogens with one attached hydrogen (secondary N) is 1. The average molecular weight is 287 g/mol. The minimum Gasteiger partial charge on any atom is -0.480 e. The zero-order valence-corrected chi connectivity index (χ0v) is 12.3. The van der Waals surface area contributed by atoms with E-state index in [1.54, 1.807) is 0 Å². The van der Waals surface area contributed by atoms with Crippen LogP contribution >= 0.6 is 23.2 Å². The van der Waals surface area contributed by atoms with Crippen molar-refractivity contribution in [2.75, 3.05) is 11.9 Å². The zero-order valence-electron chi connectivity index (χ0n) is 8.83. The third kappa shape index (κ3) is 4.73. The SMILES string of the molecule is O=C(O)CNc1c(Cl)cc(Cl)cc1C(=O)O.[Na+]. The smallest absolute Gasteiger partial charge is 0.480 e. The second-order valence-corrected chi connectivity index (χ2v) is 3.71. The Balaban J connectivity index is 0.00000256. The third-order valence-electron chi connectivity index (χ3n) is 1.70. The third-order valence-corrected chi connectivity index (χ3v) is 2.22. The molecule has 3 N–H and O–H groups in total. The van der Waals surface area contributed by atoms with E-state index in [1.165, 1.54) is 12.1 Å². The fraction of sp³-hybridized carbons (Fsp3) is 0.111. The molecule has 5 nitrogen and oxygen atoms in total. The van der Waals surface area contributed by atoms with Gasteiger partial charge in [-0.15, -0.1) is 0 Å². The summed E-state index contributed by atoms with van der Waals surface area (Å²) in [6.45, 7) is -0.429. The predicted molar refractivity (Wildman–Crippen MR) is 59.5 cm³/mol. The summed E-state index contributed by atoms with van der Waals surface area (Å²) in [6, 6.07) is 2.53. The van der Waals surface area contributed by atoms with Crippen molar-refractivity contribution in [3.8, 4) is 0 Å². The van der Waals surface area contributed by atoms with E-state index in [2.05, 4.69) is 5.32 Å². The molecule has 0 bridgehead atoms. The van der Waals surface area contributed by atoms with Crippen LogP contribution in [0.4, 0.5) is 5.69 Å².